The third kappa shape index (κ3) is 4.54. The number of carbonyl (C=O) groups excluding carboxylic acids is 2. The van der Waals surface area contributed by atoms with E-state index in [1.54, 1.807) is 4.57 Å². The Kier molecular flexibility index (Phi) is 5.92. The molecule has 1 heterocycles. The number of esters is 1. The van der Waals surface area contributed by atoms with E-state index in [9.17, 15) is 9.59 Å². The minimum Gasteiger partial charge on any atom is -0.468 e. The van der Waals surface area contributed by atoms with Crippen LogP contribution in [0.1, 0.15) is 16.7 Å². The quantitative estimate of drug-likeness (QED) is 0.570. The van der Waals surface area contributed by atoms with Crippen molar-refractivity contribution in [3.05, 3.63) is 62.4 Å². The topological polar surface area (TPSA) is 60.7 Å². The van der Waals surface area contributed by atoms with Crippen LogP contribution in [0.4, 0.5) is 0 Å². The fourth-order valence-corrected chi connectivity index (χ4v) is 4.31. The molecule has 0 unspecified atom stereocenters. The molecule has 0 aliphatic rings. The summed E-state index contributed by atoms with van der Waals surface area (Å²) in [7, 11) is 1.34. The van der Waals surface area contributed by atoms with Gasteiger partial charge in [0, 0.05) is 4.47 Å². The maximum atomic E-state index is 12.5. The Morgan fingerprint density at radius 1 is 1.15 bits per heavy atom. The molecule has 0 N–H and O–H groups in total. The summed E-state index contributed by atoms with van der Waals surface area (Å²) < 4.78 is 8.37. The molecule has 0 fully saturated rings. The number of hydrogen-bond acceptors (Lipinski definition) is 4. The molecule has 7 heteroatoms. The summed E-state index contributed by atoms with van der Waals surface area (Å²) in [5.74, 6) is -0.636. The summed E-state index contributed by atoms with van der Waals surface area (Å²) in [6.45, 7) is 4.07. The predicted octanol–water partition coefficient (Wildman–Crippen LogP) is 3.93. The maximum Gasteiger partial charge on any atom is 0.325 e. The highest BCUT2D eigenvalue weighted by Crippen LogP contribution is 2.22. The van der Waals surface area contributed by atoms with Gasteiger partial charge in [-0.1, -0.05) is 45.5 Å². The van der Waals surface area contributed by atoms with Crippen molar-refractivity contribution in [1.82, 2.24) is 4.57 Å². The van der Waals surface area contributed by atoms with E-state index in [1.807, 2.05) is 50.2 Å². The number of ether oxygens (including phenoxy) is 1. The lowest BCUT2D eigenvalue weighted by Gasteiger charge is -2.04. The van der Waals surface area contributed by atoms with Gasteiger partial charge in [-0.05, 0) is 48.7 Å². The first-order valence-corrected chi connectivity index (χ1v) is 9.97. The van der Waals surface area contributed by atoms with Crippen LogP contribution >= 0.6 is 27.3 Å². The zero-order valence-electron chi connectivity index (χ0n) is 15.3. The highest BCUT2D eigenvalue weighted by molar-refractivity contribution is 9.10. The summed E-state index contributed by atoms with van der Waals surface area (Å²) >= 11 is 4.82. The monoisotopic (exact) mass is 446 g/mol. The lowest BCUT2D eigenvalue weighted by molar-refractivity contribution is -0.141. The summed E-state index contributed by atoms with van der Waals surface area (Å²) in [5, 5.41) is 0. The Morgan fingerprint density at radius 2 is 1.93 bits per heavy atom. The fourth-order valence-electron chi connectivity index (χ4n) is 2.71. The van der Waals surface area contributed by atoms with E-state index < -0.39 is 0 Å². The van der Waals surface area contributed by atoms with Gasteiger partial charge in [-0.15, -0.1) is 0 Å². The van der Waals surface area contributed by atoms with Gasteiger partial charge in [-0.3, -0.25) is 9.59 Å². The second-order valence-corrected chi connectivity index (χ2v) is 8.18. The fraction of sp³-hybridized carbons (Fsp3) is 0.250. The largest absolute Gasteiger partial charge is 0.468 e. The van der Waals surface area contributed by atoms with E-state index in [-0.39, 0.29) is 24.8 Å². The molecule has 1 aromatic heterocycles. The molecule has 3 rings (SSSR count). The first-order chi connectivity index (χ1) is 12.9. The van der Waals surface area contributed by atoms with Gasteiger partial charge in [0.15, 0.2) is 4.80 Å². The van der Waals surface area contributed by atoms with Crippen LogP contribution in [0.25, 0.3) is 10.2 Å². The van der Waals surface area contributed by atoms with Crippen molar-refractivity contribution in [1.29, 1.82) is 0 Å². The normalized spacial score (nSPS) is 11.8. The van der Waals surface area contributed by atoms with Gasteiger partial charge in [0.25, 0.3) is 5.91 Å². The summed E-state index contributed by atoms with van der Waals surface area (Å²) in [6, 6.07) is 11.7. The molecule has 0 bridgehead atoms. The number of thiazole rings is 1. The minimum atomic E-state index is -0.388. The van der Waals surface area contributed by atoms with Crippen LogP contribution in [-0.2, 0) is 27.3 Å². The van der Waals surface area contributed by atoms with Gasteiger partial charge in [-0.25, -0.2) is 0 Å². The van der Waals surface area contributed by atoms with E-state index in [2.05, 4.69) is 20.9 Å². The smallest absolute Gasteiger partial charge is 0.325 e. The molecule has 0 saturated carbocycles. The molecule has 1 amide bonds. The number of aryl methyl sites for hydroxylation is 2. The highest BCUT2D eigenvalue weighted by atomic mass is 79.9. The SMILES string of the molecule is COC(=O)Cn1c(=NC(=O)Cc2ccc(C)c(C)c2)sc2cc(Br)ccc21. The standard InChI is InChI=1S/C20H19BrN2O3S/c1-12-4-5-14(8-13(12)2)9-18(24)22-20-23(11-19(25)26-3)16-7-6-15(21)10-17(16)27-20/h4-8,10H,9,11H2,1-3H3. The molecule has 0 spiro atoms. The number of aromatic nitrogens is 1. The number of halogens is 1. The Hall–Kier alpha value is -2.25. The molecule has 0 radical (unpaired) electrons. The van der Waals surface area contributed by atoms with Gasteiger partial charge in [0.1, 0.15) is 6.54 Å². The molecule has 0 atom stereocenters. The van der Waals surface area contributed by atoms with Gasteiger partial charge in [0.05, 0.1) is 23.7 Å². The van der Waals surface area contributed by atoms with E-state index in [1.165, 1.54) is 24.0 Å². The van der Waals surface area contributed by atoms with E-state index in [4.69, 9.17) is 4.74 Å². The Labute approximate surface area is 169 Å². The van der Waals surface area contributed by atoms with Gasteiger partial charge >= 0.3 is 5.97 Å². The van der Waals surface area contributed by atoms with Crippen LogP contribution in [0.2, 0.25) is 0 Å². The van der Waals surface area contributed by atoms with Crippen molar-refractivity contribution < 1.29 is 14.3 Å². The number of nitrogens with zero attached hydrogens (tertiary/aromatic N) is 2. The molecule has 0 aliphatic heterocycles. The number of hydrogen-bond donors (Lipinski definition) is 0. The molecule has 0 saturated heterocycles. The van der Waals surface area contributed by atoms with Crippen LogP contribution in [0, 0.1) is 13.8 Å². The molecule has 27 heavy (non-hydrogen) atoms. The van der Waals surface area contributed by atoms with Crippen molar-refractivity contribution >= 4 is 49.4 Å². The first kappa shape index (κ1) is 19.5. The maximum absolute atomic E-state index is 12.5. The Morgan fingerprint density at radius 3 is 2.63 bits per heavy atom. The molecular formula is C20H19BrN2O3S. The number of carbonyl (C=O) groups is 2. The number of amides is 1. The summed E-state index contributed by atoms with van der Waals surface area (Å²) in [6.07, 6.45) is 0.220. The zero-order valence-corrected chi connectivity index (χ0v) is 17.7. The van der Waals surface area contributed by atoms with Crippen LogP contribution < -0.4 is 4.80 Å². The van der Waals surface area contributed by atoms with E-state index >= 15 is 0 Å². The van der Waals surface area contributed by atoms with Crippen molar-refractivity contribution in [2.45, 2.75) is 26.8 Å². The summed E-state index contributed by atoms with van der Waals surface area (Å²) in [5.41, 5.74) is 4.10. The van der Waals surface area contributed by atoms with Gasteiger partial charge < -0.3 is 9.30 Å². The van der Waals surface area contributed by atoms with E-state index in [0.717, 1.165) is 25.8 Å². The van der Waals surface area contributed by atoms with Crippen molar-refractivity contribution in [3.63, 3.8) is 0 Å². The van der Waals surface area contributed by atoms with Crippen LogP contribution in [0.5, 0.6) is 0 Å². The lowest BCUT2D eigenvalue weighted by atomic mass is 10.0. The van der Waals surface area contributed by atoms with Crippen LogP contribution in [0.3, 0.4) is 0 Å². The lowest BCUT2D eigenvalue weighted by Crippen LogP contribution is -2.22. The third-order valence-electron chi connectivity index (χ3n) is 4.31. The number of rotatable bonds is 4. The number of benzene rings is 2. The predicted molar refractivity (Wildman–Crippen MR) is 110 cm³/mol. The first-order valence-electron chi connectivity index (χ1n) is 8.37. The molecule has 2 aromatic carbocycles. The molecular weight excluding hydrogens is 428 g/mol. The zero-order chi connectivity index (χ0) is 19.6. The van der Waals surface area contributed by atoms with Gasteiger partial charge in [-0.2, -0.15) is 4.99 Å². The van der Waals surface area contributed by atoms with Crippen molar-refractivity contribution in [3.8, 4) is 0 Å². The third-order valence-corrected chi connectivity index (χ3v) is 5.84. The highest BCUT2D eigenvalue weighted by Gasteiger charge is 2.12. The second-order valence-electron chi connectivity index (χ2n) is 6.26. The number of fused-ring (bicyclic) bond motifs is 1. The Bertz CT molecular complexity index is 1100. The molecule has 5 nitrogen and oxygen atoms in total. The number of methoxy groups -OCH3 is 1. The minimum absolute atomic E-state index is 0.00782. The Balaban J connectivity index is 2.00. The van der Waals surface area contributed by atoms with Crippen LogP contribution in [-0.4, -0.2) is 23.6 Å². The van der Waals surface area contributed by atoms with Crippen molar-refractivity contribution in [2.75, 3.05) is 7.11 Å². The van der Waals surface area contributed by atoms with Crippen molar-refractivity contribution in [2.24, 2.45) is 4.99 Å². The molecule has 140 valence electrons. The van der Waals surface area contributed by atoms with Crippen LogP contribution in [0.15, 0.2) is 45.9 Å². The van der Waals surface area contributed by atoms with E-state index in [0.29, 0.717) is 4.80 Å². The summed E-state index contributed by atoms with van der Waals surface area (Å²) in [4.78, 5) is 29.1. The average molecular weight is 447 g/mol. The molecule has 3 aromatic rings. The molecule has 0 aliphatic carbocycles. The second kappa shape index (κ2) is 8.19. The average Bonchev–Trinajstić information content (AvgIpc) is 2.94. The van der Waals surface area contributed by atoms with Gasteiger partial charge in [0.2, 0.25) is 0 Å².